The molecule has 0 atom stereocenters. The summed E-state index contributed by atoms with van der Waals surface area (Å²) in [6, 6.07) is 18.5. The molecule has 160 valence electrons. The summed E-state index contributed by atoms with van der Waals surface area (Å²) >= 11 is 7.38. The van der Waals surface area contributed by atoms with E-state index in [1.807, 2.05) is 30.3 Å². The molecule has 4 rings (SSSR count). The Bertz CT molecular complexity index is 1090. The van der Waals surface area contributed by atoms with E-state index < -0.39 is 6.09 Å². The van der Waals surface area contributed by atoms with E-state index in [4.69, 9.17) is 21.4 Å². The predicted molar refractivity (Wildman–Crippen MR) is 122 cm³/mol. The summed E-state index contributed by atoms with van der Waals surface area (Å²) in [4.78, 5) is 26.6. The molecule has 0 unspecified atom stereocenters. The van der Waals surface area contributed by atoms with Crippen LogP contribution in [0, 0.1) is 0 Å². The highest BCUT2D eigenvalue weighted by molar-refractivity contribution is 7.17. The van der Waals surface area contributed by atoms with E-state index in [0.29, 0.717) is 41.5 Å². The zero-order chi connectivity index (χ0) is 21.8. The van der Waals surface area contributed by atoms with Crippen LogP contribution in [-0.4, -0.2) is 41.2 Å². The maximum atomic E-state index is 12.6. The van der Waals surface area contributed by atoms with Crippen LogP contribution in [0.5, 0.6) is 5.75 Å². The quantitative estimate of drug-likeness (QED) is 0.505. The first kappa shape index (κ1) is 21.2. The zero-order valence-electron chi connectivity index (χ0n) is 16.6. The Morgan fingerprint density at radius 3 is 2.58 bits per heavy atom. The molecular weight excluding hydrogens is 436 g/mol. The van der Waals surface area contributed by atoms with E-state index in [0.717, 1.165) is 16.2 Å². The second-order valence-electron chi connectivity index (χ2n) is 7.24. The number of carboxylic acid groups (broad SMARTS) is 1. The number of hydrogen-bond acceptors (Lipinski definition) is 4. The second-order valence-corrected chi connectivity index (χ2v) is 8.76. The van der Waals surface area contributed by atoms with E-state index in [2.05, 4.69) is 5.32 Å². The van der Waals surface area contributed by atoms with Crippen molar-refractivity contribution in [3.8, 4) is 16.2 Å². The number of nitrogens with one attached hydrogen (secondary N) is 1. The van der Waals surface area contributed by atoms with Crippen molar-refractivity contribution >= 4 is 40.6 Å². The summed E-state index contributed by atoms with van der Waals surface area (Å²) in [6.45, 7) is 0.964. The lowest BCUT2D eigenvalue weighted by Gasteiger charge is -2.30. The first-order chi connectivity index (χ1) is 15.0. The van der Waals surface area contributed by atoms with Gasteiger partial charge in [-0.15, -0.1) is 11.3 Å². The Kier molecular flexibility index (Phi) is 6.44. The largest absolute Gasteiger partial charge is 0.490 e. The first-order valence-corrected chi connectivity index (χ1v) is 11.1. The summed E-state index contributed by atoms with van der Waals surface area (Å²) in [7, 11) is 0. The molecule has 0 aliphatic carbocycles. The average Bonchev–Trinajstić information content (AvgIpc) is 3.25. The average molecular weight is 457 g/mol. The fourth-order valence-corrected chi connectivity index (χ4v) is 4.54. The highest BCUT2D eigenvalue weighted by atomic mass is 35.5. The van der Waals surface area contributed by atoms with Crippen molar-refractivity contribution in [2.75, 3.05) is 18.4 Å². The molecule has 0 spiro atoms. The number of benzene rings is 2. The van der Waals surface area contributed by atoms with Crippen LogP contribution in [0.4, 0.5) is 10.5 Å². The van der Waals surface area contributed by atoms with Crippen LogP contribution in [0.3, 0.4) is 0 Å². The number of carbonyl (C=O) groups is 2. The van der Waals surface area contributed by atoms with Gasteiger partial charge in [0.15, 0.2) is 0 Å². The van der Waals surface area contributed by atoms with Gasteiger partial charge in [0.05, 0.1) is 4.88 Å². The van der Waals surface area contributed by atoms with Gasteiger partial charge in [-0.1, -0.05) is 29.8 Å². The molecule has 6 nitrogen and oxygen atoms in total. The van der Waals surface area contributed by atoms with Crippen LogP contribution in [0.25, 0.3) is 10.4 Å². The van der Waals surface area contributed by atoms with Crippen molar-refractivity contribution < 1.29 is 19.4 Å². The molecule has 1 saturated heterocycles. The minimum absolute atomic E-state index is 0.00628. The number of anilines is 1. The highest BCUT2D eigenvalue weighted by Gasteiger charge is 2.23. The Morgan fingerprint density at radius 1 is 1.06 bits per heavy atom. The maximum Gasteiger partial charge on any atom is 0.407 e. The summed E-state index contributed by atoms with van der Waals surface area (Å²) in [5.74, 6) is 0.556. The van der Waals surface area contributed by atoms with Gasteiger partial charge in [0.25, 0.3) is 5.91 Å². The fourth-order valence-electron chi connectivity index (χ4n) is 3.45. The van der Waals surface area contributed by atoms with Crippen LogP contribution >= 0.6 is 22.9 Å². The molecule has 2 N–H and O–H groups in total. The van der Waals surface area contributed by atoms with E-state index in [1.54, 1.807) is 30.3 Å². The number of hydrogen-bond donors (Lipinski definition) is 2. The molecule has 0 bridgehead atoms. The van der Waals surface area contributed by atoms with Crippen molar-refractivity contribution in [1.29, 1.82) is 0 Å². The smallest absolute Gasteiger partial charge is 0.407 e. The third-order valence-electron chi connectivity index (χ3n) is 5.05. The van der Waals surface area contributed by atoms with Gasteiger partial charge in [-0.25, -0.2) is 4.79 Å². The number of rotatable bonds is 5. The van der Waals surface area contributed by atoms with Gasteiger partial charge in [-0.2, -0.15) is 0 Å². The number of halogens is 1. The minimum atomic E-state index is -0.881. The van der Waals surface area contributed by atoms with Gasteiger partial charge in [0.2, 0.25) is 0 Å². The first-order valence-electron chi connectivity index (χ1n) is 9.89. The lowest BCUT2D eigenvalue weighted by molar-refractivity contribution is 0.0894. The Balaban J connectivity index is 1.41. The van der Waals surface area contributed by atoms with E-state index >= 15 is 0 Å². The van der Waals surface area contributed by atoms with Crippen molar-refractivity contribution in [3.63, 3.8) is 0 Å². The fraction of sp³-hybridized carbons (Fsp3) is 0.217. The van der Waals surface area contributed by atoms with Crippen molar-refractivity contribution in [3.05, 3.63) is 70.6 Å². The Hall–Kier alpha value is -3.03. The number of likely N-dealkylation sites (tertiary alicyclic amines) is 1. The topological polar surface area (TPSA) is 78.9 Å². The van der Waals surface area contributed by atoms with Crippen molar-refractivity contribution in [1.82, 2.24) is 4.90 Å². The van der Waals surface area contributed by atoms with Gasteiger partial charge in [-0.3, -0.25) is 4.79 Å². The molecule has 1 fully saturated rings. The molecule has 2 heterocycles. The zero-order valence-corrected chi connectivity index (χ0v) is 18.2. The molecule has 0 saturated carbocycles. The summed E-state index contributed by atoms with van der Waals surface area (Å²) in [5.41, 5.74) is 1.61. The number of ether oxygens (including phenoxy) is 1. The normalized spacial score (nSPS) is 14.3. The molecule has 1 aromatic heterocycles. The number of piperidine rings is 1. The molecule has 0 radical (unpaired) electrons. The molecular formula is C23H21ClN2O4S. The van der Waals surface area contributed by atoms with Crippen molar-refractivity contribution in [2.45, 2.75) is 18.9 Å². The van der Waals surface area contributed by atoms with Crippen LogP contribution in [0.15, 0.2) is 60.7 Å². The van der Waals surface area contributed by atoms with Gasteiger partial charge < -0.3 is 20.1 Å². The SMILES string of the molecule is O=C(Nc1cccc(Cl)c1)c1ccc(-c2cccc(OC3CCN(C(=O)O)CC3)c2)s1. The van der Waals surface area contributed by atoms with E-state index in [1.165, 1.54) is 16.2 Å². The molecule has 3 aromatic rings. The van der Waals surface area contributed by atoms with E-state index in [-0.39, 0.29) is 12.0 Å². The maximum absolute atomic E-state index is 12.6. The molecule has 31 heavy (non-hydrogen) atoms. The molecule has 8 heteroatoms. The van der Waals surface area contributed by atoms with Gasteiger partial charge in [0, 0.05) is 41.5 Å². The third kappa shape index (κ3) is 5.37. The minimum Gasteiger partial charge on any atom is -0.490 e. The Labute approximate surface area is 189 Å². The van der Waals surface area contributed by atoms with E-state index in [9.17, 15) is 9.59 Å². The summed E-state index contributed by atoms with van der Waals surface area (Å²) in [6.07, 6.45) is 0.453. The van der Waals surface area contributed by atoms with Crippen molar-refractivity contribution in [2.24, 2.45) is 0 Å². The monoisotopic (exact) mass is 456 g/mol. The summed E-state index contributed by atoms with van der Waals surface area (Å²) in [5, 5.41) is 12.5. The number of amides is 2. The second kappa shape index (κ2) is 9.41. The molecule has 2 aromatic carbocycles. The van der Waals surface area contributed by atoms with Crippen LogP contribution in [0.1, 0.15) is 22.5 Å². The lowest BCUT2D eigenvalue weighted by Crippen LogP contribution is -2.41. The van der Waals surface area contributed by atoms with Gasteiger partial charge >= 0.3 is 6.09 Å². The highest BCUT2D eigenvalue weighted by Crippen LogP contribution is 2.32. The molecule has 2 amide bonds. The number of carbonyl (C=O) groups excluding carboxylic acids is 1. The van der Waals surface area contributed by atoms with Crippen LogP contribution in [0.2, 0.25) is 5.02 Å². The molecule has 1 aliphatic rings. The lowest BCUT2D eigenvalue weighted by atomic mass is 10.1. The summed E-state index contributed by atoms with van der Waals surface area (Å²) < 4.78 is 6.08. The third-order valence-corrected chi connectivity index (χ3v) is 6.41. The molecule has 1 aliphatic heterocycles. The number of nitrogens with zero attached hydrogens (tertiary/aromatic N) is 1. The Morgan fingerprint density at radius 2 is 1.84 bits per heavy atom. The standard InChI is InChI=1S/C23H21ClN2O4S/c24-16-4-2-5-17(14-16)25-22(27)21-8-7-20(31-21)15-3-1-6-19(13-15)30-18-9-11-26(12-10-18)23(28)29/h1-8,13-14,18H,9-12H2,(H,25,27)(H,28,29). The van der Waals surface area contributed by atoms with Crippen LogP contribution < -0.4 is 10.1 Å². The van der Waals surface area contributed by atoms with Gasteiger partial charge in [0.1, 0.15) is 11.9 Å². The van der Waals surface area contributed by atoms with Gasteiger partial charge in [-0.05, 0) is 48.0 Å². The predicted octanol–water partition coefficient (Wildman–Crippen LogP) is 5.84. The number of thiophene rings is 1. The van der Waals surface area contributed by atoms with Crippen LogP contribution in [-0.2, 0) is 0 Å².